The summed E-state index contributed by atoms with van der Waals surface area (Å²) in [6, 6.07) is 7.80. The summed E-state index contributed by atoms with van der Waals surface area (Å²) in [7, 11) is 0. The summed E-state index contributed by atoms with van der Waals surface area (Å²) in [5.74, 6) is 0.198. The Morgan fingerprint density at radius 3 is 2.90 bits per heavy atom. The number of oxime groups is 1. The quantitative estimate of drug-likeness (QED) is 0.370. The highest BCUT2D eigenvalue weighted by atomic mass is 16.4. The number of amides is 1. The molecule has 1 amide bonds. The van der Waals surface area contributed by atoms with Gasteiger partial charge in [-0.25, -0.2) is 0 Å². The predicted octanol–water partition coefficient (Wildman–Crippen LogP) is 1.45. The van der Waals surface area contributed by atoms with Gasteiger partial charge in [0.2, 0.25) is 5.91 Å². The fraction of sp³-hybridized carbons (Fsp3) is 0.467. The lowest BCUT2D eigenvalue weighted by molar-refractivity contribution is -0.135. The second-order valence-electron chi connectivity index (χ2n) is 5.52. The Balaban J connectivity index is 1.80. The number of amidine groups is 1. The highest BCUT2D eigenvalue weighted by Crippen LogP contribution is 2.37. The molecule has 0 saturated carbocycles. The Bertz CT molecular complexity index is 556. The van der Waals surface area contributed by atoms with Crippen molar-refractivity contribution < 1.29 is 10.0 Å². The number of benzene rings is 1. The van der Waals surface area contributed by atoms with Crippen LogP contribution in [0.2, 0.25) is 0 Å². The molecule has 5 nitrogen and oxygen atoms in total. The van der Waals surface area contributed by atoms with Gasteiger partial charge in [-0.3, -0.25) is 4.79 Å². The molecule has 1 fully saturated rings. The maximum Gasteiger partial charge on any atom is 0.231 e. The zero-order valence-corrected chi connectivity index (χ0v) is 11.3. The van der Waals surface area contributed by atoms with Crippen molar-refractivity contribution in [2.24, 2.45) is 10.9 Å². The van der Waals surface area contributed by atoms with Gasteiger partial charge in [-0.15, -0.1) is 0 Å². The van der Waals surface area contributed by atoms with E-state index in [1.165, 1.54) is 5.56 Å². The molecule has 2 atom stereocenters. The van der Waals surface area contributed by atoms with Gasteiger partial charge in [-0.05, 0) is 36.8 Å². The van der Waals surface area contributed by atoms with Crippen molar-refractivity contribution in [1.82, 2.24) is 4.90 Å². The first-order valence-corrected chi connectivity index (χ1v) is 7.08. The molecule has 3 N–H and O–H groups in total. The van der Waals surface area contributed by atoms with Crippen LogP contribution < -0.4 is 5.73 Å². The third-order valence-electron chi connectivity index (χ3n) is 4.40. The molecule has 2 aliphatic rings. The summed E-state index contributed by atoms with van der Waals surface area (Å²) in [4.78, 5) is 14.5. The normalized spacial score (nSPS) is 25.8. The van der Waals surface area contributed by atoms with Crippen molar-refractivity contribution in [3.05, 3.63) is 35.4 Å². The molecule has 3 rings (SSSR count). The van der Waals surface area contributed by atoms with Crippen LogP contribution in [0.1, 0.15) is 36.3 Å². The van der Waals surface area contributed by atoms with Crippen LogP contribution in [-0.2, 0) is 11.2 Å². The van der Waals surface area contributed by atoms with Crippen LogP contribution in [0.5, 0.6) is 0 Å². The van der Waals surface area contributed by atoms with E-state index < -0.39 is 0 Å². The van der Waals surface area contributed by atoms with Gasteiger partial charge in [0.1, 0.15) is 0 Å². The van der Waals surface area contributed by atoms with Crippen LogP contribution in [-0.4, -0.2) is 34.4 Å². The van der Waals surface area contributed by atoms with Gasteiger partial charge in [-0.1, -0.05) is 29.4 Å². The van der Waals surface area contributed by atoms with Crippen molar-refractivity contribution >= 4 is 11.7 Å². The van der Waals surface area contributed by atoms with Gasteiger partial charge in [0.15, 0.2) is 5.84 Å². The van der Waals surface area contributed by atoms with Crippen LogP contribution in [0.25, 0.3) is 0 Å². The van der Waals surface area contributed by atoms with Gasteiger partial charge in [0.05, 0.1) is 12.0 Å². The molecule has 1 aromatic rings. The van der Waals surface area contributed by atoms with Crippen molar-refractivity contribution in [1.29, 1.82) is 0 Å². The molecule has 0 radical (unpaired) electrons. The topological polar surface area (TPSA) is 78.9 Å². The average molecular weight is 273 g/mol. The number of likely N-dealkylation sites (tertiary alicyclic amines) is 1. The van der Waals surface area contributed by atoms with Gasteiger partial charge in [-0.2, -0.15) is 0 Å². The zero-order valence-electron chi connectivity index (χ0n) is 11.3. The van der Waals surface area contributed by atoms with Gasteiger partial charge >= 0.3 is 0 Å². The second kappa shape index (κ2) is 5.15. The van der Waals surface area contributed by atoms with E-state index in [0.29, 0.717) is 6.54 Å². The van der Waals surface area contributed by atoms with E-state index in [9.17, 15) is 4.79 Å². The molecular weight excluding hydrogens is 254 g/mol. The molecule has 20 heavy (non-hydrogen) atoms. The molecule has 1 aliphatic heterocycles. The van der Waals surface area contributed by atoms with E-state index >= 15 is 0 Å². The average Bonchev–Trinajstić information content (AvgIpc) is 2.47. The number of hydrogen-bond donors (Lipinski definition) is 2. The van der Waals surface area contributed by atoms with Crippen LogP contribution in [0.15, 0.2) is 29.4 Å². The van der Waals surface area contributed by atoms with Crippen LogP contribution in [0.4, 0.5) is 0 Å². The van der Waals surface area contributed by atoms with Gasteiger partial charge < -0.3 is 15.8 Å². The number of hydrogen-bond acceptors (Lipinski definition) is 3. The first kappa shape index (κ1) is 13.0. The predicted molar refractivity (Wildman–Crippen MR) is 75.6 cm³/mol. The van der Waals surface area contributed by atoms with Crippen molar-refractivity contribution in [3.63, 3.8) is 0 Å². The number of carbonyl (C=O) groups excluding carboxylic acids is 1. The van der Waals surface area contributed by atoms with E-state index in [1.54, 1.807) is 4.90 Å². The van der Waals surface area contributed by atoms with Crippen molar-refractivity contribution in [2.75, 3.05) is 6.54 Å². The van der Waals surface area contributed by atoms with Crippen LogP contribution >= 0.6 is 0 Å². The van der Waals surface area contributed by atoms with E-state index in [2.05, 4.69) is 11.2 Å². The minimum atomic E-state index is -0.256. The van der Waals surface area contributed by atoms with Gasteiger partial charge in [0.25, 0.3) is 0 Å². The number of rotatable bonds is 2. The zero-order chi connectivity index (χ0) is 14.1. The standard InChI is InChI=1S/C15H19N3O2/c16-14(17-20)13-7-3-4-8-18(13)15(19)12-9-10-5-1-2-6-11(10)12/h1-2,5-6,12-13,20H,3-4,7-9H2,(H2,16,17). The van der Waals surface area contributed by atoms with Crippen LogP contribution in [0, 0.1) is 0 Å². The minimum absolute atomic E-state index is 0.0571. The fourth-order valence-electron chi connectivity index (χ4n) is 3.25. The second-order valence-corrected chi connectivity index (χ2v) is 5.52. The number of nitrogens with two attached hydrogens (primary N) is 1. The van der Waals surface area contributed by atoms with E-state index in [-0.39, 0.29) is 23.7 Å². The summed E-state index contributed by atoms with van der Waals surface area (Å²) < 4.78 is 0. The molecule has 1 aromatic carbocycles. The Kier molecular flexibility index (Phi) is 3.34. The molecule has 106 valence electrons. The molecule has 0 bridgehead atoms. The lowest BCUT2D eigenvalue weighted by atomic mass is 9.76. The molecule has 2 unspecified atom stereocenters. The highest BCUT2D eigenvalue weighted by Gasteiger charge is 2.38. The van der Waals surface area contributed by atoms with Crippen molar-refractivity contribution in [2.45, 2.75) is 37.6 Å². The fourth-order valence-corrected chi connectivity index (χ4v) is 3.25. The maximum absolute atomic E-state index is 12.7. The minimum Gasteiger partial charge on any atom is -0.409 e. The largest absolute Gasteiger partial charge is 0.409 e. The van der Waals surface area contributed by atoms with E-state index in [4.69, 9.17) is 10.9 Å². The lowest BCUT2D eigenvalue weighted by Crippen LogP contribution is -2.53. The first-order chi connectivity index (χ1) is 9.72. The van der Waals surface area contributed by atoms with E-state index in [1.807, 2.05) is 18.2 Å². The maximum atomic E-state index is 12.7. The number of piperidine rings is 1. The Hall–Kier alpha value is -2.04. The van der Waals surface area contributed by atoms with E-state index in [0.717, 1.165) is 31.2 Å². The third kappa shape index (κ3) is 2.03. The van der Waals surface area contributed by atoms with Gasteiger partial charge in [0, 0.05) is 6.54 Å². The molecular formula is C15H19N3O2. The summed E-state index contributed by atoms with van der Waals surface area (Å²) in [6.07, 6.45) is 3.56. The SMILES string of the molecule is NC(=NO)C1CCCCN1C(=O)C1Cc2ccccc21. The first-order valence-electron chi connectivity index (χ1n) is 7.08. The Morgan fingerprint density at radius 2 is 2.15 bits per heavy atom. The summed E-state index contributed by atoms with van der Waals surface area (Å²) >= 11 is 0. The Morgan fingerprint density at radius 1 is 1.35 bits per heavy atom. The monoisotopic (exact) mass is 273 g/mol. The summed E-state index contributed by atoms with van der Waals surface area (Å²) in [6.45, 7) is 0.693. The summed E-state index contributed by atoms with van der Waals surface area (Å²) in [5, 5.41) is 12.0. The van der Waals surface area contributed by atoms with Crippen molar-refractivity contribution in [3.8, 4) is 0 Å². The molecule has 1 aliphatic carbocycles. The molecule has 0 spiro atoms. The number of nitrogens with zero attached hydrogens (tertiary/aromatic N) is 2. The molecule has 1 saturated heterocycles. The molecule has 1 heterocycles. The summed E-state index contributed by atoms with van der Waals surface area (Å²) in [5.41, 5.74) is 8.12. The number of fused-ring (bicyclic) bond motifs is 1. The lowest BCUT2D eigenvalue weighted by Gasteiger charge is -2.40. The molecule has 0 aromatic heterocycles. The van der Waals surface area contributed by atoms with Crippen LogP contribution in [0.3, 0.4) is 0 Å². The Labute approximate surface area is 118 Å². The molecule has 5 heteroatoms. The third-order valence-corrected chi connectivity index (χ3v) is 4.40. The number of carbonyl (C=O) groups is 1. The smallest absolute Gasteiger partial charge is 0.231 e. The highest BCUT2D eigenvalue weighted by molar-refractivity contribution is 5.93.